The number of hydrogen-bond acceptors (Lipinski definition) is 5. The minimum absolute atomic E-state index is 0.256. The first-order chi connectivity index (χ1) is 9.56. The predicted octanol–water partition coefficient (Wildman–Crippen LogP) is 1.39. The van der Waals surface area contributed by atoms with E-state index < -0.39 is 5.97 Å². The number of nitrogens with one attached hydrogen (secondary N) is 1. The molecule has 0 atom stereocenters. The van der Waals surface area contributed by atoms with E-state index in [0.717, 1.165) is 4.90 Å². The first-order valence-electron chi connectivity index (χ1n) is 5.90. The minimum Gasteiger partial charge on any atom is -0.493 e. The number of aliphatic carboxylic acids is 1. The van der Waals surface area contributed by atoms with Gasteiger partial charge in [-0.1, -0.05) is 0 Å². The fraction of sp³-hybridized carbons (Fsp3) is 0.385. The largest absolute Gasteiger partial charge is 0.493 e. The van der Waals surface area contributed by atoms with Gasteiger partial charge in [0.1, 0.15) is 6.54 Å². The van der Waals surface area contributed by atoms with Gasteiger partial charge in [-0.05, 0) is 18.2 Å². The van der Waals surface area contributed by atoms with Crippen LogP contribution in [0.1, 0.15) is 6.42 Å². The van der Waals surface area contributed by atoms with E-state index in [4.69, 9.17) is 14.6 Å². The van der Waals surface area contributed by atoms with Gasteiger partial charge in [0.05, 0.1) is 14.2 Å². The smallest absolute Gasteiger partial charge is 0.322 e. The van der Waals surface area contributed by atoms with Crippen LogP contribution in [0, 0.1) is 0 Å². The predicted molar refractivity (Wildman–Crippen MR) is 75.5 cm³/mol. The van der Waals surface area contributed by atoms with Crippen molar-refractivity contribution in [1.29, 1.82) is 0 Å². The van der Waals surface area contributed by atoms with Gasteiger partial charge in [0.15, 0.2) is 11.5 Å². The highest BCUT2D eigenvalue weighted by Crippen LogP contribution is 2.31. The Kier molecular flexibility index (Phi) is 6.72. The molecule has 1 rings (SSSR count). The molecule has 20 heavy (non-hydrogen) atoms. The van der Waals surface area contributed by atoms with Gasteiger partial charge in [0, 0.05) is 17.1 Å². The van der Waals surface area contributed by atoms with Crippen molar-refractivity contribution >= 4 is 23.6 Å². The lowest BCUT2D eigenvalue weighted by Gasteiger charge is -2.09. The Hall–Kier alpha value is -1.89. The summed E-state index contributed by atoms with van der Waals surface area (Å²) >= 11 is 1.49. The van der Waals surface area contributed by atoms with Crippen molar-refractivity contribution in [2.75, 3.05) is 26.5 Å². The fourth-order valence-electron chi connectivity index (χ4n) is 1.43. The van der Waals surface area contributed by atoms with Crippen LogP contribution in [0.2, 0.25) is 0 Å². The summed E-state index contributed by atoms with van der Waals surface area (Å²) in [5.41, 5.74) is 0. The summed E-state index contributed by atoms with van der Waals surface area (Å²) in [6.07, 6.45) is 0.256. The Balaban J connectivity index is 2.42. The Morgan fingerprint density at radius 1 is 1.25 bits per heavy atom. The quantitative estimate of drug-likeness (QED) is 0.706. The lowest BCUT2D eigenvalue weighted by atomic mass is 10.3. The van der Waals surface area contributed by atoms with Gasteiger partial charge in [-0.3, -0.25) is 9.59 Å². The molecule has 0 bridgehead atoms. The van der Waals surface area contributed by atoms with Gasteiger partial charge >= 0.3 is 5.97 Å². The number of methoxy groups -OCH3 is 2. The Morgan fingerprint density at radius 2 is 1.95 bits per heavy atom. The summed E-state index contributed by atoms with van der Waals surface area (Å²) in [6.45, 7) is -0.347. The van der Waals surface area contributed by atoms with E-state index in [0.29, 0.717) is 17.3 Å². The van der Waals surface area contributed by atoms with E-state index in [1.165, 1.54) is 11.8 Å². The van der Waals surface area contributed by atoms with Crippen LogP contribution < -0.4 is 14.8 Å². The van der Waals surface area contributed by atoms with Crippen molar-refractivity contribution in [2.45, 2.75) is 11.3 Å². The fourth-order valence-corrected chi connectivity index (χ4v) is 2.31. The standard InChI is InChI=1S/C13H17NO5S/c1-18-10-4-3-9(7-11(10)19-2)20-6-5-12(15)14-8-13(16)17/h3-4,7H,5-6,8H2,1-2H3,(H,14,15)(H,16,17). The maximum Gasteiger partial charge on any atom is 0.322 e. The number of ether oxygens (including phenoxy) is 2. The average Bonchev–Trinajstić information content (AvgIpc) is 2.44. The SMILES string of the molecule is COc1ccc(SCCC(=O)NCC(=O)O)cc1OC. The number of hydrogen-bond donors (Lipinski definition) is 2. The number of carboxylic acids is 1. The molecule has 1 aromatic rings. The molecule has 7 heteroatoms. The number of carbonyl (C=O) groups is 2. The highest BCUT2D eigenvalue weighted by Gasteiger charge is 2.07. The zero-order valence-electron chi connectivity index (χ0n) is 11.3. The van der Waals surface area contributed by atoms with Gasteiger partial charge in [0.25, 0.3) is 0 Å². The average molecular weight is 299 g/mol. The Morgan fingerprint density at radius 3 is 2.55 bits per heavy atom. The van der Waals surface area contributed by atoms with Gasteiger partial charge in [0.2, 0.25) is 5.91 Å². The highest BCUT2D eigenvalue weighted by molar-refractivity contribution is 7.99. The number of thioether (sulfide) groups is 1. The van der Waals surface area contributed by atoms with E-state index in [1.54, 1.807) is 20.3 Å². The summed E-state index contributed by atoms with van der Waals surface area (Å²) in [5.74, 6) is 0.510. The number of amides is 1. The van der Waals surface area contributed by atoms with Gasteiger partial charge in [-0.2, -0.15) is 0 Å². The van der Waals surface area contributed by atoms with Crippen molar-refractivity contribution in [3.05, 3.63) is 18.2 Å². The molecule has 110 valence electrons. The lowest BCUT2D eigenvalue weighted by molar-refractivity contribution is -0.137. The Labute approximate surface area is 121 Å². The molecule has 0 unspecified atom stereocenters. The first-order valence-corrected chi connectivity index (χ1v) is 6.88. The maximum atomic E-state index is 11.3. The van der Waals surface area contributed by atoms with E-state index in [1.807, 2.05) is 12.1 Å². The summed E-state index contributed by atoms with van der Waals surface area (Å²) in [7, 11) is 3.13. The number of benzene rings is 1. The molecule has 2 N–H and O–H groups in total. The van der Waals surface area contributed by atoms with E-state index in [9.17, 15) is 9.59 Å². The van der Waals surface area contributed by atoms with Crippen LogP contribution in [0.3, 0.4) is 0 Å². The summed E-state index contributed by atoms with van der Waals surface area (Å²) in [6, 6.07) is 5.51. The molecule has 1 aromatic carbocycles. The molecule has 0 aliphatic carbocycles. The van der Waals surface area contributed by atoms with Crippen LogP contribution in [0.15, 0.2) is 23.1 Å². The van der Waals surface area contributed by atoms with Gasteiger partial charge < -0.3 is 19.9 Å². The van der Waals surface area contributed by atoms with E-state index in [2.05, 4.69) is 5.32 Å². The zero-order chi connectivity index (χ0) is 15.0. The van der Waals surface area contributed by atoms with Crippen molar-refractivity contribution in [2.24, 2.45) is 0 Å². The molecule has 0 aliphatic rings. The third kappa shape index (κ3) is 5.40. The van der Waals surface area contributed by atoms with Gasteiger partial charge in [-0.25, -0.2) is 0 Å². The number of carbonyl (C=O) groups excluding carboxylic acids is 1. The van der Waals surface area contributed by atoms with Gasteiger partial charge in [-0.15, -0.1) is 11.8 Å². The molecule has 6 nitrogen and oxygen atoms in total. The third-order valence-corrected chi connectivity index (χ3v) is 3.39. The van der Waals surface area contributed by atoms with E-state index in [-0.39, 0.29) is 18.9 Å². The number of carboxylic acid groups (broad SMARTS) is 1. The molecule has 0 aliphatic heterocycles. The monoisotopic (exact) mass is 299 g/mol. The molecule has 0 fully saturated rings. The van der Waals surface area contributed by atoms with Crippen LogP contribution >= 0.6 is 11.8 Å². The first kappa shape index (κ1) is 16.2. The molecule has 0 aromatic heterocycles. The summed E-state index contributed by atoms with van der Waals surface area (Å²) < 4.78 is 10.3. The van der Waals surface area contributed by atoms with Crippen LogP contribution in [-0.2, 0) is 9.59 Å². The second kappa shape index (κ2) is 8.31. The molecule has 1 amide bonds. The van der Waals surface area contributed by atoms with Crippen molar-refractivity contribution in [3.8, 4) is 11.5 Å². The lowest BCUT2D eigenvalue weighted by Crippen LogP contribution is -2.29. The molecular formula is C13H17NO5S. The van der Waals surface area contributed by atoms with Crippen LogP contribution in [0.4, 0.5) is 0 Å². The molecule has 0 saturated carbocycles. The maximum absolute atomic E-state index is 11.3. The normalized spacial score (nSPS) is 9.90. The van der Waals surface area contributed by atoms with Crippen molar-refractivity contribution in [3.63, 3.8) is 0 Å². The minimum atomic E-state index is -1.05. The number of rotatable bonds is 8. The third-order valence-electron chi connectivity index (χ3n) is 2.39. The van der Waals surface area contributed by atoms with Crippen molar-refractivity contribution in [1.82, 2.24) is 5.32 Å². The highest BCUT2D eigenvalue weighted by atomic mass is 32.2. The molecule has 0 saturated heterocycles. The topological polar surface area (TPSA) is 84.9 Å². The summed E-state index contributed by atoms with van der Waals surface area (Å²) in [5, 5.41) is 10.7. The van der Waals surface area contributed by atoms with Crippen molar-refractivity contribution < 1.29 is 24.2 Å². The molecule has 0 spiro atoms. The van der Waals surface area contributed by atoms with E-state index >= 15 is 0 Å². The molecular weight excluding hydrogens is 282 g/mol. The van der Waals surface area contributed by atoms with Crippen LogP contribution in [0.5, 0.6) is 11.5 Å². The summed E-state index contributed by atoms with van der Waals surface area (Å²) in [4.78, 5) is 22.6. The second-order valence-corrected chi connectivity index (χ2v) is 4.95. The molecule has 0 heterocycles. The van der Waals surface area contributed by atoms with Crippen LogP contribution in [0.25, 0.3) is 0 Å². The van der Waals surface area contributed by atoms with Crippen LogP contribution in [-0.4, -0.2) is 43.5 Å². The molecule has 0 radical (unpaired) electrons. The second-order valence-electron chi connectivity index (χ2n) is 3.79. The zero-order valence-corrected chi connectivity index (χ0v) is 12.2. The Bertz CT molecular complexity index is 478.